The molecular formula is C20H25N7O6. The van der Waals surface area contributed by atoms with Crippen LogP contribution in [0.4, 0.5) is 5.82 Å². The van der Waals surface area contributed by atoms with E-state index in [1.807, 2.05) is 0 Å². The summed E-state index contributed by atoms with van der Waals surface area (Å²) in [7, 11) is 4.67. The van der Waals surface area contributed by atoms with Crippen LogP contribution < -0.4 is 20.1 Å². The van der Waals surface area contributed by atoms with Gasteiger partial charge in [0.2, 0.25) is 0 Å². The van der Waals surface area contributed by atoms with Crippen LogP contribution in [0.25, 0.3) is 22.6 Å². The summed E-state index contributed by atoms with van der Waals surface area (Å²) >= 11 is 0. The molecule has 1 aliphatic rings. The van der Waals surface area contributed by atoms with Gasteiger partial charge in [-0.2, -0.15) is 0 Å². The fraction of sp³-hybridized carbons (Fsp3) is 0.450. The van der Waals surface area contributed by atoms with Gasteiger partial charge in [0.25, 0.3) is 11.8 Å². The Hall–Kier alpha value is -3.55. The Morgan fingerprint density at radius 2 is 2.00 bits per heavy atom. The topological polar surface area (TPSA) is 166 Å². The fourth-order valence-electron chi connectivity index (χ4n) is 3.64. The van der Waals surface area contributed by atoms with Gasteiger partial charge in [0.1, 0.15) is 12.2 Å². The SMILES string of the molecule is CCNC(=O)[C@H]1O[C@@H](n2cnc3c(NC)nc(-c4cnc(OC)c(OC)c4)nc32)[C@H](O)[C@@H]1O. The third-order valence-electron chi connectivity index (χ3n) is 5.27. The van der Waals surface area contributed by atoms with Crippen LogP contribution in [0, 0.1) is 0 Å². The van der Waals surface area contributed by atoms with E-state index in [4.69, 9.17) is 14.2 Å². The monoisotopic (exact) mass is 459 g/mol. The molecule has 1 fully saturated rings. The molecule has 176 valence electrons. The number of ether oxygens (including phenoxy) is 3. The molecule has 4 N–H and O–H groups in total. The van der Waals surface area contributed by atoms with Crippen molar-refractivity contribution in [3.63, 3.8) is 0 Å². The number of fused-ring (bicyclic) bond motifs is 1. The Morgan fingerprint density at radius 1 is 1.21 bits per heavy atom. The van der Waals surface area contributed by atoms with E-state index < -0.39 is 30.4 Å². The molecule has 3 aromatic heterocycles. The average molecular weight is 459 g/mol. The van der Waals surface area contributed by atoms with E-state index in [-0.39, 0.29) is 0 Å². The van der Waals surface area contributed by atoms with Crippen molar-refractivity contribution in [3.8, 4) is 23.0 Å². The molecular weight excluding hydrogens is 434 g/mol. The summed E-state index contributed by atoms with van der Waals surface area (Å²) in [6.45, 7) is 2.11. The quantitative estimate of drug-likeness (QED) is 0.366. The van der Waals surface area contributed by atoms with Crippen molar-refractivity contribution in [1.82, 2.24) is 29.8 Å². The molecule has 1 aliphatic heterocycles. The van der Waals surface area contributed by atoms with Crippen molar-refractivity contribution in [2.24, 2.45) is 0 Å². The Balaban J connectivity index is 1.78. The maximum absolute atomic E-state index is 12.2. The zero-order chi connectivity index (χ0) is 23.7. The Labute approximate surface area is 188 Å². The summed E-state index contributed by atoms with van der Waals surface area (Å²) in [5.41, 5.74) is 1.29. The molecule has 0 unspecified atom stereocenters. The predicted molar refractivity (Wildman–Crippen MR) is 116 cm³/mol. The third kappa shape index (κ3) is 3.90. The van der Waals surface area contributed by atoms with Crippen LogP contribution in [-0.2, 0) is 9.53 Å². The number of nitrogens with one attached hydrogen (secondary N) is 2. The van der Waals surface area contributed by atoms with E-state index in [0.717, 1.165) is 0 Å². The number of rotatable bonds is 7. The molecule has 4 atom stereocenters. The summed E-state index contributed by atoms with van der Waals surface area (Å²) in [4.78, 5) is 29.9. The maximum Gasteiger partial charge on any atom is 0.256 e. The summed E-state index contributed by atoms with van der Waals surface area (Å²) in [6, 6.07) is 1.68. The van der Waals surface area contributed by atoms with Crippen molar-refractivity contribution >= 4 is 22.9 Å². The molecule has 33 heavy (non-hydrogen) atoms. The predicted octanol–water partition coefficient (Wildman–Crippen LogP) is -0.297. The van der Waals surface area contributed by atoms with E-state index in [0.29, 0.717) is 46.5 Å². The highest BCUT2D eigenvalue weighted by molar-refractivity contribution is 5.85. The Morgan fingerprint density at radius 3 is 2.67 bits per heavy atom. The second-order valence-corrected chi connectivity index (χ2v) is 7.23. The van der Waals surface area contributed by atoms with Crippen LogP contribution in [0.5, 0.6) is 11.6 Å². The molecule has 0 aromatic carbocycles. The van der Waals surface area contributed by atoms with Gasteiger partial charge in [0, 0.05) is 25.4 Å². The van der Waals surface area contributed by atoms with Crippen LogP contribution in [0.1, 0.15) is 13.2 Å². The standard InChI is InChI=1S/C20H25N7O6/c1-5-22-18(30)14-12(28)13(29)20(33-14)27-8-24-11-16(21-2)25-15(26-17(11)27)9-6-10(31-3)19(32-4)23-7-9/h6-8,12-14,20,28-29H,5H2,1-4H3,(H,22,30)(H,21,25,26)/t12-,13+,14-,20+/m0/s1. The second-order valence-electron chi connectivity index (χ2n) is 7.23. The van der Waals surface area contributed by atoms with Crippen LogP contribution in [0.15, 0.2) is 18.6 Å². The van der Waals surface area contributed by atoms with Crippen molar-refractivity contribution in [2.75, 3.05) is 33.1 Å². The number of nitrogens with zero attached hydrogens (tertiary/aromatic N) is 5. The molecule has 4 rings (SSSR count). The number of hydrogen-bond donors (Lipinski definition) is 4. The van der Waals surface area contributed by atoms with Crippen molar-refractivity contribution in [1.29, 1.82) is 0 Å². The number of carbonyl (C=O) groups excluding carboxylic acids is 1. The molecule has 0 radical (unpaired) electrons. The summed E-state index contributed by atoms with van der Waals surface area (Å²) in [5.74, 6) is 0.931. The van der Waals surface area contributed by atoms with Crippen LogP contribution in [0.2, 0.25) is 0 Å². The fourth-order valence-corrected chi connectivity index (χ4v) is 3.64. The number of pyridine rings is 1. The minimum Gasteiger partial charge on any atom is -0.491 e. The lowest BCUT2D eigenvalue weighted by Crippen LogP contribution is -2.42. The van der Waals surface area contributed by atoms with E-state index in [1.54, 1.807) is 26.2 Å². The van der Waals surface area contributed by atoms with Gasteiger partial charge in [0.15, 0.2) is 40.9 Å². The zero-order valence-corrected chi connectivity index (χ0v) is 18.5. The van der Waals surface area contributed by atoms with Crippen molar-refractivity contribution in [2.45, 2.75) is 31.5 Å². The minimum absolute atomic E-state index is 0.301. The lowest BCUT2D eigenvalue weighted by atomic mass is 10.1. The van der Waals surface area contributed by atoms with E-state index in [1.165, 1.54) is 25.1 Å². The normalized spacial score (nSPS) is 22.4. The number of aromatic nitrogens is 5. The third-order valence-corrected chi connectivity index (χ3v) is 5.27. The number of imidazole rings is 1. The molecule has 3 aromatic rings. The lowest BCUT2D eigenvalue weighted by molar-refractivity contribution is -0.137. The lowest BCUT2D eigenvalue weighted by Gasteiger charge is -2.17. The number of aliphatic hydroxyl groups excluding tert-OH is 2. The summed E-state index contributed by atoms with van der Waals surface area (Å²) < 4.78 is 17.7. The number of methoxy groups -OCH3 is 2. The van der Waals surface area contributed by atoms with Crippen molar-refractivity contribution < 1.29 is 29.2 Å². The molecule has 1 amide bonds. The first kappa shape index (κ1) is 22.6. The van der Waals surface area contributed by atoms with E-state index in [2.05, 4.69) is 30.6 Å². The first-order valence-corrected chi connectivity index (χ1v) is 10.2. The maximum atomic E-state index is 12.2. The molecule has 0 spiro atoms. The highest BCUT2D eigenvalue weighted by Crippen LogP contribution is 2.34. The van der Waals surface area contributed by atoms with Crippen LogP contribution in [0.3, 0.4) is 0 Å². The van der Waals surface area contributed by atoms with Gasteiger partial charge in [-0.25, -0.2) is 19.9 Å². The van der Waals surface area contributed by atoms with Crippen LogP contribution in [-0.4, -0.2) is 86.7 Å². The number of hydrogen-bond acceptors (Lipinski definition) is 11. The van der Waals surface area contributed by atoms with E-state index in [9.17, 15) is 15.0 Å². The van der Waals surface area contributed by atoms with Crippen LogP contribution >= 0.6 is 0 Å². The Bertz CT molecular complexity index is 1170. The minimum atomic E-state index is -1.42. The van der Waals surface area contributed by atoms with Gasteiger partial charge in [0.05, 0.1) is 20.5 Å². The molecule has 1 saturated heterocycles. The summed E-state index contributed by atoms with van der Waals surface area (Å²) in [5, 5.41) is 26.6. The Kier molecular flexibility index (Phi) is 6.26. The number of carbonyl (C=O) groups is 1. The molecule has 13 heteroatoms. The highest BCUT2D eigenvalue weighted by Gasteiger charge is 2.47. The average Bonchev–Trinajstić information content (AvgIpc) is 3.38. The van der Waals surface area contributed by atoms with Gasteiger partial charge in [-0.3, -0.25) is 9.36 Å². The highest BCUT2D eigenvalue weighted by atomic mass is 16.6. The molecule has 4 heterocycles. The van der Waals surface area contributed by atoms with Gasteiger partial charge >= 0.3 is 0 Å². The second kappa shape index (κ2) is 9.13. The van der Waals surface area contributed by atoms with Gasteiger partial charge in [-0.05, 0) is 13.0 Å². The molecule has 0 bridgehead atoms. The number of likely N-dealkylation sites (N-methyl/N-ethyl adjacent to an activating group) is 1. The van der Waals surface area contributed by atoms with Gasteiger partial charge in [-0.15, -0.1) is 0 Å². The molecule has 13 nitrogen and oxygen atoms in total. The van der Waals surface area contributed by atoms with Gasteiger partial charge < -0.3 is 35.1 Å². The smallest absolute Gasteiger partial charge is 0.256 e. The largest absolute Gasteiger partial charge is 0.491 e. The van der Waals surface area contributed by atoms with Gasteiger partial charge in [-0.1, -0.05) is 0 Å². The molecule has 0 saturated carbocycles. The number of aliphatic hydroxyl groups is 2. The first-order chi connectivity index (χ1) is 15.9. The number of anilines is 1. The summed E-state index contributed by atoms with van der Waals surface area (Å²) in [6.07, 6.45) is -2.17. The van der Waals surface area contributed by atoms with Crippen molar-refractivity contribution in [3.05, 3.63) is 18.6 Å². The first-order valence-electron chi connectivity index (χ1n) is 10.2. The van der Waals surface area contributed by atoms with E-state index >= 15 is 0 Å². The number of amides is 1. The zero-order valence-electron chi connectivity index (χ0n) is 18.5. The molecule has 0 aliphatic carbocycles.